The Bertz CT molecular complexity index is 279. The number of rotatable bonds is 3. The van der Waals surface area contributed by atoms with Crippen molar-refractivity contribution >= 4 is 11.8 Å². The number of nitrogens with zero attached hydrogens (tertiary/aromatic N) is 2. The topological polar surface area (TPSA) is 57.4 Å². The van der Waals surface area contributed by atoms with Crippen molar-refractivity contribution in [2.45, 2.75) is 10.9 Å². The van der Waals surface area contributed by atoms with E-state index in [1.807, 2.05) is 12.4 Å². The number of thioether (sulfide) groups is 1. The van der Waals surface area contributed by atoms with Crippen LogP contribution in [-0.4, -0.2) is 19.9 Å². The lowest BCUT2D eigenvalue weighted by Gasteiger charge is -1.92. The van der Waals surface area contributed by atoms with Crippen molar-refractivity contribution in [2.24, 2.45) is 0 Å². The third kappa shape index (κ3) is 1.68. The second-order valence-corrected chi connectivity index (χ2v) is 3.22. The van der Waals surface area contributed by atoms with Crippen LogP contribution in [0.15, 0.2) is 30.1 Å². The molecule has 0 spiro atoms. The van der Waals surface area contributed by atoms with Crippen molar-refractivity contribution in [3.8, 4) is 0 Å². The summed E-state index contributed by atoms with van der Waals surface area (Å²) < 4.78 is 0. The van der Waals surface area contributed by atoms with E-state index >= 15 is 0 Å². The number of aromatic nitrogens is 4. The monoisotopic (exact) mass is 180 g/mol. The Balaban J connectivity index is 1.91. The van der Waals surface area contributed by atoms with Gasteiger partial charge in [0.1, 0.15) is 0 Å². The fourth-order valence-electron chi connectivity index (χ4n) is 0.839. The summed E-state index contributed by atoms with van der Waals surface area (Å²) in [6.07, 6.45) is 7.05. The van der Waals surface area contributed by atoms with E-state index in [1.54, 1.807) is 24.3 Å². The Hall–Kier alpha value is -1.23. The van der Waals surface area contributed by atoms with Gasteiger partial charge in [0.05, 0.1) is 6.33 Å². The fraction of sp³-hybridized carbons (Fsp3) is 0.143. The number of imidazole rings is 2. The minimum Gasteiger partial charge on any atom is -0.348 e. The van der Waals surface area contributed by atoms with E-state index in [0.29, 0.717) is 0 Å². The van der Waals surface area contributed by atoms with Crippen molar-refractivity contribution in [3.63, 3.8) is 0 Å². The Morgan fingerprint density at radius 2 is 2.42 bits per heavy atom. The Kier molecular flexibility index (Phi) is 2.13. The highest BCUT2D eigenvalue weighted by Gasteiger charge is 1.97. The first kappa shape index (κ1) is 7.42. The number of hydrogen-bond acceptors (Lipinski definition) is 3. The third-order valence-electron chi connectivity index (χ3n) is 1.39. The summed E-state index contributed by atoms with van der Waals surface area (Å²) in [5.41, 5.74) is 1.11. The molecule has 0 atom stereocenters. The quantitative estimate of drug-likeness (QED) is 0.702. The van der Waals surface area contributed by atoms with Crippen molar-refractivity contribution in [1.29, 1.82) is 0 Å². The smallest absolute Gasteiger partial charge is 0.165 e. The molecule has 0 unspecified atom stereocenters. The summed E-state index contributed by atoms with van der Waals surface area (Å²) in [5.74, 6) is 0.869. The van der Waals surface area contributed by atoms with Gasteiger partial charge in [0, 0.05) is 30.0 Å². The van der Waals surface area contributed by atoms with Gasteiger partial charge in [-0.1, -0.05) is 11.8 Å². The Morgan fingerprint density at radius 3 is 3.08 bits per heavy atom. The van der Waals surface area contributed by atoms with Crippen LogP contribution in [0.5, 0.6) is 0 Å². The second-order valence-electron chi connectivity index (χ2n) is 2.26. The maximum atomic E-state index is 4.09. The lowest BCUT2D eigenvalue weighted by molar-refractivity contribution is 1.05. The molecule has 0 fully saturated rings. The van der Waals surface area contributed by atoms with E-state index < -0.39 is 0 Å². The van der Waals surface area contributed by atoms with Gasteiger partial charge in [-0.15, -0.1) is 0 Å². The van der Waals surface area contributed by atoms with E-state index in [4.69, 9.17) is 0 Å². The van der Waals surface area contributed by atoms with Crippen LogP contribution in [-0.2, 0) is 5.75 Å². The second kappa shape index (κ2) is 3.44. The first-order chi connectivity index (χ1) is 5.95. The maximum absolute atomic E-state index is 4.09. The highest BCUT2D eigenvalue weighted by atomic mass is 32.2. The highest BCUT2D eigenvalue weighted by molar-refractivity contribution is 7.98. The van der Waals surface area contributed by atoms with Gasteiger partial charge in [-0.2, -0.15) is 0 Å². The van der Waals surface area contributed by atoms with Gasteiger partial charge in [-0.25, -0.2) is 9.97 Å². The zero-order valence-corrected chi connectivity index (χ0v) is 7.14. The molecule has 2 heterocycles. The first-order valence-electron chi connectivity index (χ1n) is 3.54. The zero-order valence-electron chi connectivity index (χ0n) is 6.32. The van der Waals surface area contributed by atoms with E-state index in [1.165, 1.54) is 0 Å². The van der Waals surface area contributed by atoms with Gasteiger partial charge >= 0.3 is 0 Å². The van der Waals surface area contributed by atoms with Crippen LogP contribution in [0.25, 0.3) is 0 Å². The van der Waals surface area contributed by atoms with Crippen LogP contribution in [0.3, 0.4) is 0 Å². The molecular formula is C7H8N4S. The van der Waals surface area contributed by atoms with Gasteiger partial charge in [0.25, 0.3) is 0 Å². The van der Waals surface area contributed by atoms with Crippen molar-refractivity contribution in [1.82, 2.24) is 19.9 Å². The van der Waals surface area contributed by atoms with Crippen LogP contribution in [0.2, 0.25) is 0 Å². The number of aromatic amines is 2. The standard InChI is InChI=1S/C7H8N4S/c1-2-10-7(9-1)12-4-6-3-8-5-11-6/h1-3,5H,4H2,(H,8,11)(H,9,10). The van der Waals surface area contributed by atoms with E-state index in [9.17, 15) is 0 Å². The minimum atomic E-state index is 0.869. The average molecular weight is 180 g/mol. The number of nitrogens with one attached hydrogen (secondary N) is 2. The predicted octanol–water partition coefficient (Wildman–Crippen LogP) is 1.43. The summed E-state index contributed by atoms with van der Waals surface area (Å²) in [5, 5.41) is 0.935. The highest BCUT2D eigenvalue weighted by Crippen LogP contribution is 2.16. The Labute approximate surface area is 73.8 Å². The van der Waals surface area contributed by atoms with Crippen LogP contribution < -0.4 is 0 Å². The molecule has 2 aromatic rings. The normalized spacial score (nSPS) is 10.3. The minimum absolute atomic E-state index is 0.869. The van der Waals surface area contributed by atoms with E-state index in [0.717, 1.165) is 16.6 Å². The van der Waals surface area contributed by atoms with Crippen molar-refractivity contribution in [2.75, 3.05) is 0 Å². The molecule has 5 heteroatoms. The van der Waals surface area contributed by atoms with Crippen LogP contribution >= 0.6 is 11.8 Å². The molecule has 0 aliphatic heterocycles. The molecule has 0 amide bonds. The molecule has 4 nitrogen and oxygen atoms in total. The predicted molar refractivity (Wildman–Crippen MR) is 46.7 cm³/mol. The molecule has 0 bridgehead atoms. The van der Waals surface area contributed by atoms with Gasteiger partial charge in [0.2, 0.25) is 0 Å². The molecule has 0 radical (unpaired) electrons. The molecule has 0 saturated heterocycles. The Morgan fingerprint density at radius 1 is 1.42 bits per heavy atom. The molecule has 62 valence electrons. The van der Waals surface area contributed by atoms with E-state index in [-0.39, 0.29) is 0 Å². The molecular weight excluding hydrogens is 172 g/mol. The van der Waals surface area contributed by atoms with Crippen LogP contribution in [0.4, 0.5) is 0 Å². The van der Waals surface area contributed by atoms with Crippen molar-refractivity contribution in [3.05, 3.63) is 30.6 Å². The maximum Gasteiger partial charge on any atom is 0.165 e. The summed E-state index contributed by atoms with van der Waals surface area (Å²) in [6.45, 7) is 0. The number of H-pyrrole nitrogens is 2. The lowest BCUT2D eigenvalue weighted by atomic mass is 10.6. The van der Waals surface area contributed by atoms with Crippen molar-refractivity contribution < 1.29 is 0 Å². The zero-order chi connectivity index (χ0) is 8.23. The molecule has 12 heavy (non-hydrogen) atoms. The molecule has 0 saturated carbocycles. The van der Waals surface area contributed by atoms with Gasteiger partial charge in [0.15, 0.2) is 5.16 Å². The molecule has 2 aromatic heterocycles. The van der Waals surface area contributed by atoms with Gasteiger partial charge < -0.3 is 9.97 Å². The summed E-state index contributed by atoms with van der Waals surface area (Å²) in [4.78, 5) is 14.1. The van der Waals surface area contributed by atoms with Gasteiger partial charge in [-0.3, -0.25) is 0 Å². The van der Waals surface area contributed by atoms with Gasteiger partial charge in [-0.05, 0) is 0 Å². The SMILES string of the molecule is c1c[nH]c(SCc2cnc[nH]2)n1. The number of hydrogen-bond donors (Lipinski definition) is 2. The molecule has 0 aliphatic carbocycles. The van der Waals surface area contributed by atoms with E-state index in [2.05, 4.69) is 19.9 Å². The van der Waals surface area contributed by atoms with Crippen LogP contribution in [0.1, 0.15) is 5.69 Å². The molecule has 2 rings (SSSR count). The third-order valence-corrected chi connectivity index (χ3v) is 2.34. The summed E-state index contributed by atoms with van der Waals surface area (Å²) >= 11 is 1.65. The molecule has 0 aliphatic rings. The average Bonchev–Trinajstić information content (AvgIpc) is 2.74. The summed E-state index contributed by atoms with van der Waals surface area (Å²) in [6, 6.07) is 0. The largest absolute Gasteiger partial charge is 0.348 e. The summed E-state index contributed by atoms with van der Waals surface area (Å²) in [7, 11) is 0. The molecule has 2 N–H and O–H groups in total. The fourth-order valence-corrected chi connectivity index (χ4v) is 1.58. The van der Waals surface area contributed by atoms with Crippen LogP contribution in [0, 0.1) is 0 Å². The molecule has 0 aromatic carbocycles. The lowest BCUT2D eigenvalue weighted by Crippen LogP contribution is -1.80. The first-order valence-corrected chi connectivity index (χ1v) is 4.53.